The van der Waals surface area contributed by atoms with Gasteiger partial charge in [0.15, 0.2) is 0 Å². The molecule has 30 heavy (non-hydrogen) atoms. The maximum absolute atomic E-state index is 11.1. The lowest BCUT2D eigenvalue weighted by Gasteiger charge is -2.22. The van der Waals surface area contributed by atoms with Crippen molar-refractivity contribution in [1.29, 1.82) is 0 Å². The van der Waals surface area contributed by atoms with Crippen LogP contribution in [0.15, 0.2) is 55.0 Å². The summed E-state index contributed by atoms with van der Waals surface area (Å²) in [7, 11) is 0. The fourth-order valence-corrected chi connectivity index (χ4v) is 3.88. The first-order chi connectivity index (χ1) is 14.7. The van der Waals surface area contributed by atoms with Gasteiger partial charge in [-0.2, -0.15) is 0 Å². The van der Waals surface area contributed by atoms with Crippen molar-refractivity contribution in [2.45, 2.75) is 25.7 Å². The predicted molar refractivity (Wildman–Crippen MR) is 116 cm³/mol. The number of hydrogen-bond donors (Lipinski definition) is 1. The van der Waals surface area contributed by atoms with Gasteiger partial charge < -0.3 is 19.3 Å². The van der Waals surface area contributed by atoms with Crippen molar-refractivity contribution in [3.05, 3.63) is 60.6 Å². The lowest BCUT2D eigenvalue weighted by atomic mass is 10.1. The van der Waals surface area contributed by atoms with Gasteiger partial charge in [-0.3, -0.25) is 0 Å². The van der Waals surface area contributed by atoms with E-state index in [2.05, 4.69) is 28.1 Å². The molecule has 5 rings (SSSR count). The van der Waals surface area contributed by atoms with Gasteiger partial charge in [0.05, 0.1) is 29.9 Å². The average Bonchev–Trinajstić information content (AvgIpc) is 3.23. The summed E-state index contributed by atoms with van der Waals surface area (Å²) < 4.78 is 8.16. The number of hydrogen-bond acceptors (Lipinski definition) is 4. The first-order valence-corrected chi connectivity index (χ1v) is 10.6. The molecule has 6 nitrogen and oxygen atoms in total. The molecule has 1 saturated carbocycles. The highest BCUT2D eigenvalue weighted by atomic mass is 16.5. The number of aromatic nitrogens is 2. The average molecular weight is 403 g/mol. The van der Waals surface area contributed by atoms with E-state index in [1.54, 1.807) is 30.6 Å². The van der Waals surface area contributed by atoms with Crippen LogP contribution in [0, 0.1) is 5.92 Å². The number of benzene rings is 2. The van der Waals surface area contributed by atoms with Gasteiger partial charge in [-0.25, -0.2) is 9.78 Å². The zero-order valence-corrected chi connectivity index (χ0v) is 16.8. The molecule has 0 amide bonds. The highest BCUT2D eigenvalue weighted by Crippen LogP contribution is 2.36. The van der Waals surface area contributed by atoms with Gasteiger partial charge in [0.1, 0.15) is 5.75 Å². The highest BCUT2D eigenvalue weighted by molar-refractivity contribution is 5.88. The second-order valence-electron chi connectivity index (χ2n) is 8.15. The van der Waals surface area contributed by atoms with E-state index in [1.807, 2.05) is 10.8 Å². The Morgan fingerprint density at radius 1 is 1.10 bits per heavy atom. The fraction of sp³-hybridized carbons (Fsp3) is 0.333. The molecular formula is C24H25N3O3. The summed E-state index contributed by atoms with van der Waals surface area (Å²) in [6.45, 7) is 2.93. The van der Waals surface area contributed by atoms with Crippen LogP contribution >= 0.6 is 0 Å². The molecule has 0 bridgehead atoms. The molecular weight excluding hydrogens is 378 g/mol. The van der Waals surface area contributed by atoms with E-state index in [0.717, 1.165) is 54.0 Å². The van der Waals surface area contributed by atoms with E-state index in [9.17, 15) is 4.79 Å². The summed E-state index contributed by atoms with van der Waals surface area (Å²) in [6.07, 6.45) is 8.77. The van der Waals surface area contributed by atoms with Gasteiger partial charge >= 0.3 is 5.97 Å². The van der Waals surface area contributed by atoms with Crippen molar-refractivity contribution >= 4 is 11.7 Å². The minimum Gasteiger partial charge on any atom is -0.491 e. The Morgan fingerprint density at radius 2 is 1.87 bits per heavy atom. The lowest BCUT2D eigenvalue weighted by Crippen LogP contribution is -2.19. The molecule has 2 fully saturated rings. The molecule has 2 aliphatic rings. The van der Waals surface area contributed by atoms with Crippen molar-refractivity contribution in [3.63, 3.8) is 0 Å². The van der Waals surface area contributed by atoms with E-state index in [1.165, 1.54) is 25.7 Å². The number of anilines is 1. The van der Waals surface area contributed by atoms with E-state index in [-0.39, 0.29) is 5.56 Å². The van der Waals surface area contributed by atoms with Crippen LogP contribution in [0.4, 0.5) is 5.69 Å². The maximum atomic E-state index is 11.1. The Bertz CT molecular complexity index is 1050. The van der Waals surface area contributed by atoms with Crippen LogP contribution in [0.3, 0.4) is 0 Å². The van der Waals surface area contributed by atoms with Crippen molar-refractivity contribution in [2.24, 2.45) is 5.92 Å². The monoisotopic (exact) mass is 403 g/mol. The minimum absolute atomic E-state index is 0.273. The van der Waals surface area contributed by atoms with Crippen molar-refractivity contribution in [1.82, 2.24) is 9.55 Å². The predicted octanol–water partition coefficient (Wildman–Crippen LogP) is 4.63. The molecule has 0 spiro atoms. The molecule has 1 aromatic heterocycles. The zero-order chi connectivity index (χ0) is 20.5. The normalized spacial score (nSPS) is 16.1. The van der Waals surface area contributed by atoms with Crippen LogP contribution in [0.5, 0.6) is 5.75 Å². The van der Waals surface area contributed by atoms with Crippen LogP contribution in [0.25, 0.3) is 16.9 Å². The Labute approximate surface area is 175 Å². The van der Waals surface area contributed by atoms with Crippen LogP contribution in [0.2, 0.25) is 0 Å². The van der Waals surface area contributed by atoms with Gasteiger partial charge in [-0.1, -0.05) is 12.1 Å². The summed E-state index contributed by atoms with van der Waals surface area (Å²) in [6, 6.07) is 13.1. The molecule has 154 valence electrons. The summed E-state index contributed by atoms with van der Waals surface area (Å²) in [5.74, 6) is 0.766. The Balaban J connectivity index is 1.42. The first kappa shape index (κ1) is 18.7. The number of carbonyl (C=O) groups is 1. The van der Waals surface area contributed by atoms with E-state index >= 15 is 0 Å². The van der Waals surface area contributed by atoms with Crippen molar-refractivity contribution in [2.75, 3.05) is 24.6 Å². The van der Waals surface area contributed by atoms with Gasteiger partial charge in [0.25, 0.3) is 0 Å². The molecule has 0 unspecified atom stereocenters. The third-order valence-corrected chi connectivity index (χ3v) is 5.87. The standard InChI is InChI=1S/C24H25N3O3/c28-24(29)19-7-5-18(6-8-19)21-14-27(16-25-21)20-9-10-23(30-15-17-3-4-17)22(13-20)26-11-1-2-12-26/h5-10,13-14,16-17H,1-4,11-12,15H2,(H,28,29). The van der Waals surface area contributed by atoms with E-state index < -0.39 is 5.97 Å². The molecule has 0 radical (unpaired) electrons. The molecule has 6 heteroatoms. The van der Waals surface area contributed by atoms with Crippen LogP contribution in [0.1, 0.15) is 36.0 Å². The minimum atomic E-state index is -0.925. The van der Waals surface area contributed by atoms with Gasteiger partial charge in [-0.15, -0.1) is 0 Å². The maximum Gasteiger partial charge on any atom is 0.335 e. The van der Waals surface area contributed by atoms with E-state index in [4.69, 9.17) is 9.84 Å². The lowest BCUT2D eigenvalue weighted by molar-refractivity contribution is 0.0697. The second-order valence-corrected chi connectivity index (χ2v) is 8.15. The van der Waals surface area contributed by atoms with E-state index in [0.29, 0.717) is 0 Å². The largest absolute Gasteiger partial charge is 0.491 e. The molecule has 0 atom stereocenters. The topological polar surface area (TPSA) is 67.6 Å². The van der Waals surface area contributed by atoms with Gasteiger partial charge in [0.2, 0.25) is 0 Å². The van der Waals surface area contributed by atoms with Gasteiger partial charge in [0, 0.05) is 30.5 Å². The number of carboxylic acids is 1. The zero-order valence-electron chi connectivity index (χ0n) is 16.8. The van der Waals surface area contributed by atoms with Crippen LogP contribution in [-0.2, 0) is 0 Å². The number of nitrogens with zero attached hydrogens (tertiary/aromatic N) is 3. The van der Waals surface area contributed by atoms with Crippen LogP contribution < -0.4 is 9.64 Å². The molecule has 1 aliphatic carbocycles. The third-order valence-electron chi connectivity index (χ3n) is 5.87. The van der Waals surface area contributed by atoms with Gasteiger partial charge in [-0.05, 0) is 61.9 Å². The number of carboxylic acid groups (broad SMARTS) is 1. The molecule has 2 aromatic carbocycles. The van der Waals surface area contributed by atoms with Crippen LogP contribution in [-0.4, -0.2) is 40.3 Å². The molecule has 1 saturated heterocycles. The molecule has 2 heterocycles. The summed E-state index contributed by atoms with van der Waals surface area (Å²) in [5, 5.41) is 9.08. The molecule has 1 aliphatic heterocycles. The highest BCUT2D eigenvalue weighted by Gasteiger charge is 2.24. The Morgan fingerprint density at radius 3 is 2.57 bits per heavy atom. The Kier molecular flexibility index (Phi) is 4.91. The number of aromatic carboxylic acids is 1. The molecule has 1 N–H and O–H groups in total. The number of ether oxygens (including phenoxy) is 1. The number of rotatable bonds is 7. The summed E-state index contributed by atoms with van der Waals surface area (Å²) in [4.78, 5) is 18.0. The molecule has 3 aromatic rings. The quantitative estimate of drug-likeness (QED) is 0.623. The summed E-state index contributed by atoms with van der Waals surface area (Å²) in [5.41, 5.74) is 4.17. The summed E-state index contributed by atoms with van der Waals surface area (Å²) >= 11 is 0. The SMILES string of the molecule is O=C(O)c1ccc(-c2cn(-c3ccc(OCC4CC4)c(N4CCCC4)c3)cn2)cc1. The second kappa shape index (κ2) is 7.86. The third kappa shape index (κ3) is 3.90. The smallest absolute Gasteiger partial charge is 0.335 e. The number of imidazole rings is 1. The van der Waals surface area contributed by atoms with Crippen molar-refractivity contribution < 1.29 is 14.6 Å². The Hall–Kier alpha value is -3.28. The first-order valence-electron chi connectivity index (χ1n) is 10.6. The van der Waals surface area contributed by atoms with Crippen molar-refractivity contribution in [3.8, 4) is 22.7 Å². The fourth-order valence-electron chi connectivity index (χ4n) is 3.88.